The first-order valence-corrected chi connectivity index (χ1v) is 15.1. The standard InChI is InChI=1S/C35H37F2N3O5/c1-18-23-12-9-13-43-30(23)27(37)15-24(18)28-19(2)25-16-40(34-39-38-32(44-34)21-10-8-11-22(36)14-21)17-26(25)20(3)29(28)31(33(41)42-7)45-35(4,5)6/h8,10-11,14-15,31H,9,12-13,16-17H2,1-7H3/t31-/m0/s1. The van der Waals surface area contributed by atoms with Gasteiger partial charge in [-0.1, -0.05) is 11.2 Å². The summed E-state index contributed by atoms with van der Waals surface area (Å²) < 4.78 is 53.0. The van der Waals surface area contributed by atoms with Crippen LogP contribution in [-0.2, 0) is 33.8 Å². The van der Waals surface area contributed by atoms with E-state index in [1.54, 1.807) is 12.1 Å². The topological polar surface area (TPSA) is 86.9 Å². The third-order valence-electron chi connectivity index (χ3n) is 8.63. The number of halogens is 2. The molecule has 0 amide bonds. The monoisotopic (exact) mass is 617 g/mol. The van der Waals surface area contributed by atoms with Gasteiger partial charge in [-0.3, -0.25) is 0 Å². The van der Waals surface area contributed by atoms with Crippen LogP contribution in [0.2, 0.25) is 0 Å². The fraction of sp³-hybridized carbons (Fsp3) is 0.400. The number of nitrogens with zero attached hydrogens (tertiary/aromatic N) is 3. The van der Waals surface area contributed by atoms with Gasteiger partial charge in [0.05, 0.1) is 19.3 Å². The summed E-state index contributed by atoms with van der Waals surface area (Å²) in [6.07, 6.45) is 0.420. The van der Waals surface area contributed by atoms with Crippen molar-refractivity contribution >= 4 is 12.0 Å². The maximum Gasteiger partial charge on any atom is 0.339 e. The van der Waals surface area contributed by atoms with E-state index in [-0.39, 0.29) is 11.9 Å². The molecule has 45 heavy (non-hydrogen) atoms. The van der Waals surface area contributed by atoms with Gasteiger partial charge < -0.3 is 23.5 Å². The number of benzene rings is 3. The molecule has 10 heteroatoms. The molecule has 8 nitrogen and oxygen atoms in total. The number of ether oxygens (including phenoxy) is 3. The van der Waals surface area contributed by atoms with Gasteiger partial charge in [0.25, 0.3) is 0 Å². The van der Waals surface area contributed by atoms with Gasteiger partial charge in [-0.15, -0.1) is 5.10 Å². The fourth-order valence-corrected chi connectivity index (χ4v) is 6.52. The minimum Gasteiger partial charge on any atom is -0.490 e. The third kappa shape index (κ3) is 5.56. The number of hydrogen-bond acceptors (Lipinski definition) is 8. The van der Waals surface area contributed by atoms with Crippen molar-refractivity contribution in [1.82, 2.24) is 10.2 Å². The zero-order valence-corrected chi connectivity index (χ0v) is 26.6. The molecule has 0 spiro atoms. The maximum atomic E-state index is 15.7. The molecule has 0 bridgehead atoms. The van der Waals surface area contributed by atoms with Gasteiger partial charge in [-0.2, -0.15) is 0 Å². The molecule has 0 fully saturated rings. The summed E-state index contributed by atoms with van der Waals surface area (Å²) >= 11 is 0. The molecule has 3 aromatic carbocycles. The molecule has 4 aromatic rings. The van der Waals surface area contributed by atoms with Crippen LogP contribution in [-0.4, -0.2) is 35.5 Å². The molecule has 0 unspecified atom stereocenters. The van der Waals surface area contributed by atoms with Crippen molar-refractivity contribution in [2.75, 3.05) is 18.6 Å². The highest BCUT2D eigenvalue weighted by molar-refractivity contribution is 5.86. The highest BCUT2D eigenvalue weighted by atomic mass is 19.1. The van der Waals surface area contributed by atoms with Crippen LogP contribution in [0, 0.1) is 32.4 Å². The Balaban J connectivity index is 1.53. The predicted octanol–water partition coefficient (Wildman–Crippen LogP) is 7.48. The summed E-state index contributed by atoms with van der Waals surface area (Å²) in [5.74, 6) is -0.865. The number of esters is 1. The second-order valence-electron chi connectivity index (χ2n) is 12.7. The number of anilines is 1. The van der Waals surface area contributed by atoms with Crippen molar-refractivity contribution in [1.29, 1.82) is 0 Å². The number of fused-ring (bicyclic) bond motifs is 2. The van der Waals surface area contributed by atoms with E-state index in [4.69, 9.17) is 18.6 Å². The van der Waals surface area contributed by atoms with Gasteiger partial charge in [0, 0.05) is 29.8 Å². The number of methoxy groups -OCH3 is 1. The van der Waals surface area contributed by atoms with Gasteiger partial charge in [-0.25, -0.2) is 13.6 Å². The van der Waals surface area contributed by atoms with Gasteiger partial charge in [0.2, 0.25) is 5.89 Å². The smallest absolute Gasteiger partial charge is 0.339 e. The Morgan fingerprint density at radius 1 is 1.00 bits per heavy atom. The van der Waals surface area contributed by atoms with E-state index in [2.05, 4.69) is 10.2 Å². The van der Waals surface area contributed by atoms with Crippen molar-refractivity contribution in [2.45, 2.75) is 79.2 Å². The minimum absolute atomic E-state index is 0.210. The van der Waals surface area contributed by atoms with Gasteiger partial charge in [0.15, 0.2) is 17.7 Å². The second kappa shape index (κ2) is 11.6. The number of carbonyl (C=O) groups is 1. The largest absolute Gasteiger partial charge is 0.490 e. The normalized spacial score (nSPS) is 15.0. The molecular weight excluding hydrogens is 580 g/mol. The van der Waals surface area contributed by atoms with E-state index < -0.39 is 29.3 Å². The Morgan fingerprint density at radius 3 is 2.42 bits per heavy atom. The van der Waals surface area contributed by atoms with Crippen LogP contribution in [0.4, 0.5) is 14.8 Å². The quantitative estimate of drug-likeness (QED) is 0.206. The van der Waals surface area contributed by atoms with Gasteiger partial charge in [-0.05, 0) is 118 Å². The van der Waals surface area contributed by atoms with E-state index in [0.717, 1.165) is 45.4 Å². The number of rotatable bonds is 6. The Morgan fingerprint density at radius 2 is 1.73 bits per heavy atom. The first-order valence-electron chi connectivity index (χ1n) is 15.1. The zero-order valence-electron chi connectivity index (χ0n) is 26.6. The lowest BCUT2D eigenvalue weighted by atomic mass is 9.80. The lowest BCUT2D eigenvalue weighted by Gasteiger charge is -2.31. The van der Waals surface area contributed by atoms with Crippen molar-refractivity contribution in [2.24, 2.45) is 0 Å². The number of hydrogen-bond donors (Lipinski definition) is 0. The Bertz CT molecular complexity index is 1810. The summed E-state index contributed by atoms with van der Waals surface area (Å²) in [5.41, 5.74) is 7.33. The van der Waals surface area contributed by atoms with Crippen molar-refractivity contribution in [3.63, 3.8) is 0 Å². The Kier molecular flexibility index (Phi) is 7.89. The summed E-state index contributed by atoms with van der Waals surface area (Å²) in [6, 6.07) is 7.79. The van der Waals surface area contributed by atoms with E-state index in [1.165, 1.54) is 25.3 Å². The lowest BCUT2D eigenvalue weighted by Crippen LogP contribution is -2.29. The molecule has 1 aromatic heterocycles. The van der Waals surface area contributed by atoms with Crippen molar-refractivity contribution in [3.8, 4) is 28.3 Å². The van der Waals surface area contributed by atoms with Crippen LogP contribution in [0.1, 0.15) is 72.2 Å². The average Bonchev–Trinajstić information content (AvgIpc) is 3.68. The molecule has 1 atom stereocenters. The minimum atomic E-state index is -1.07. The van der Waals surface area contributed by atoms with Crippen molar-refractivity contribution in [3.05, 3.63) is 80.9 Å². The molecule has 236 valence electrons. The number of carbonyl (C=O) groups excluding carboxylic acids is 1. The summed E-state index contributed by atoms with van der Waals surface area (Å²) in [7, 11) is 1.34. The van der Waals surface area contributed by atoms with Crippen molar-refractivity contribution < 1.29 is 32.2 Å². The van der Waals surface area contributed by atoms with E-state index in [9.17, 15) is 9.18 Å². The van der Waals surface area contributed by atoms with Gasteiger partial charge >= 0.3 is 12.0 Å². The summed E-state index contributed by atoms with van der Waals surface area (Å²) in [4.78, 5) is 15.4. The van der Waals surface area contributed by atoms with Gasteiger partial charge in [0.1, 0.15) is 5.82 Å². The molecule has 0 N–H and O–H groups in total. The highest BCUT2D eigenvalue weighted by Gasteiger charge is 2.38. The predicted molar refractivity (Wildman–Crippen MR) is 165 cm³/mol. The molecular formula is C35H37F2N3O5. The van der Waals surface area contributed by atoms with Crippen LogP contribution in [0.5, 0.6) is 5.75 Å². The molecule has 0 radical (unpaired) electrons. The van der Waals surface area contributed by atoms with Crippen LogP contribution in [0.3, 0.4) is 0 Å². The second-order valence-corrected chi connectivity index (χ2v) is 12.7. The SMILES string of the molecule is COC(=O)[C@@H](OC(C)(C)C)c1c(C)c2c(c(C)c1-c1cc(F)c3c(c1C)CCCO3)CN(c1nnc(-c3cccc(F)c3)o1)C2. The molecule has 6 rings (SSSR count). The van der Waals surface area contributed by atoms with Crippen LogP contribution in [0.25, 0.3) is 22.6 Å². The Labute approximate surface area is 261 Å². The molecule has 0 saturated carbocycles. The van der Waals surface area contributed by atoms with E-state index >= 15 is 4.39 Å². The summed E-state index contributed by atoms with van der Waals surface area (Å²) in [5, 5.41) is 8.44. The first-order chi connectivity index (χ1) is 21.4. The molecule has 2 aliphatic rings. The van der Waals surface area contributed by atoms with E-state index in [0.29, 0.717) is 48.6 Å². The lowest BCUT2D eigenvalue weighted by molar-refractivity contribution is -0.164. The maximum absolute atomic E-state index is 15.7. The molecule has 0 saturated heterocycles. The molecule has 2 aliphatic heterocycles. The Hall–Kier alpha value is -4.31. The molecule has 3 heterocycles. The summed E-state index contributed by atoms with van der Waals surface area (Å²) in [6.45, 7) is 12.9. The van der Waals surface area contributed by atoms with Crippen LogP contribution >= 0.6 is 0 Å². The first kappa shape index (κ1) is 30.7. The number of aromatic nitrogens is 2. The van der Waals surface area contributed by atoms with E-state index in [1.807, 2.05) is 46.4 Å². The highest BCUT2D eigenvalue weighted by Crippen LogP contribution is 2.47. The van der Waals surface area contributed by atoms with Crippen LogP contribution in [0.15, 0.2) is 34.7 Å². The van der Waals surface area contributed by atoms with Crippen LogP contribution < -0.4 is 9.64 Å². The average molecular weight is 618 g/mol. The zero-order chi connectivity index (χ0) is 32.2. The molecule has 0 aliphatic carbocycles. The fourth-order valence-electron chi connectivity index (χ4n) is 6.52. The third-order valence-corrected chi connectivity index (χ3v) is 8.63.